The van der Waals surface area contributed by atoms with Gasteiger partial charge < -0.3 is 24.5 Å². The van der Waals surface area contributed by atoms with Crippen LogP contribution in [0.15, 0.2) is 41.1 Å². The maximum absolute atomic E-state index is 15.1. The molecule has 5 rings (SSSR count). The summed E-state index contributed by atoms with van der Waals surface area (Å²) in [6, 6.07) is 6.90. The van der Waals surface area contributed by atoms with E-state index in [1.165, 1.54) is 19.4 Å². The monoisotopic (exact) mass is 535 g/mol. The number of amides is 2. The fourth-order valence-electron chi connectivity index (χ4n) is 5.03. The van der Waals surface area contributed by atoms with Crippen molar-refractivity contribution in [1.82, 2.24) is 15.6 Å². The number of carbonyl (C=O) groups is 2. The van der Waals surface area contributed by atoms with Crippen LogP contribution >= 0.6 is 0 Å². The zero-order valence-electron chi connectivity index (χ0n) is 20.1. The van der Waals surface area contributed by atoms with E-state index in [4.69, 9.17) is 13.9 Å². The lowest BCUT2D eigenvalue weighted by molar-refractivity contribution is -0.216. The number of nitrogens with one attached hydrogen (secondary N) is 2. The number of esters is 1. The summed E-state index contributed by atoms with van der Waals surface area (Å²) in [5, 5.41) is 9.43. The highest BCUT2D eigenvalue weighted by Gasteiger charge is 2.47. The number of fused-ring (bicyclic) bond motifs is 2. The summed E-state index contributed by atoms with van der Waals surface area (Å²) < 4.78 is 70.8. The Morgan fingerprint density at radius 1 is 1.26 bits per heavy atom. The number of anilines is 1. The van der Waals surface area contributed by atoms with Gasteiger partial charge in [0, 0.05) is 6.07 Å². The first-order valence-electron chi connectivity index (χ1n) is 11.8. The van der Waals surface area contributed by atoms with E-state index >= 15 is 4.39 Å². The Kier molecular flexibility index (Phi) is 6.63. The van der Waals surface area contributed by atoms with Gasteiger partial charge in [0.1, 0.15) is 23.8 Å². The maximum Gasteiger partial charge on any atom is 0.490 e. The van der Waals surface area contributed by atoms with Crippen molar-refractivity contribution in [3.63, 3.8) is 0 Å². The van der Waals surface area contributed by atoms with Gasteiger partial charge in [-0.05, 0) is 68.5 Å². The highest BCUT2D eigenvalue weighted by Crippen LogP contribution is 2.41. The van der Waals surface area contributed by atoms with Crippen LogP contribution in [0, 0.1) is 11.7 Å². The molecule has 3 atom stereocenters. The average Bonchev–Trinajstić information content (AvgIpc) is 3.47. The van der Waals surface area contributed by atoms with Crippen LogP contribution in [0.1, 0.15) is 31.2 Å². The molecule has 38 heavy (non-hydrogen) atoms. The summed E-state index contributed by atoms with van der Waals surface area (Å²) in [4.78, 5) is 27.6. The topological polar surface area (TPSA) is 117 Å². The quantitative estimate of drug-likeness (QED) is 0.331. The number of hydrogen-bond donors (Lipinski definition) is 2. The average molecular weight is 535 g/mol. The largest absolute Gasteiger partial charge is 0.490 e. The lowest BCUT2D eigenvalue weighted by Gasteiger charge is -2.39. The summed E-state index contributed by atoms with van der Waals surface area (Å²) in [5.41, 5.74) is -0.122. The lowest BCUT2D eigenvalue weighted by Crippen LogP contribution is -2.47. The van der Waals surface area contributed by atoms with Crippen LogP contribution in [-0.4, -0.2) is 48.5 Å². The number of nitrogens with zero attached hydrogens (tertiary/aromatic N) is 2. The van der Waals surface area contributed by atoms with Crippen molar-refractivity contribution in [2.45, 2.75) is 37.5 Å². The molecule has 13 heteroatoms. The molecule has 0 spiro atoms. The number of urea groups is 1. The lowest BCUT2D eigenvalue weighted by atomic mass is 9.75. The second-order valence-electron chi connectivity index (χ2n) is 9.58. The molecule has 2 N–H and O–H groups in total. The number of para-hydroxylation sites is 1. The van der Waals surface area contributed by atoms with Gasteiger partial charge in [0.2, 0.25) is 0 Å². The number of halogens is 4. The first-order chi connectivity index (χ1) is 18.0. The van der Waals surface area contributed by atoms with Crippen LogP contribution in [0.4, 0.5) is 33.7 Å². The molecule has 1 aromatic heterocycles. The molecule has 1 fully saturated rings. The summed E-state index contributed by atoms with van der Waals surface area (Å²) in [5.74, 6) is -3.57. The van der Waals surface area contributed by atoms with Crippen molar-refractivity contribution in [2.24, 2.45) is 5.92 Å². The predicted molar refractivity (Wildman–Crippen MR) is 126 cm³/mol. The third-order valence-electron chi connectivity index (χ3n) is 6.71. The van der Waals surface area contributed by atoms with Crippen molar-refractivity contribution in [1.29, 1.82) is 0 Å². The summed E-state index contributed by atoms with van der Waals surface area (Å²) >= 11 is 0. The summed E-state index contributed by atoms with van der Waals surface area (Å²) in [6.45, 7) is 1.79. The molecule has 0 bridgehead atoms. The third-order valence-corrected chi connectivity index (χ3v) is 6.71. The van der Waals surface area contributed by atoms with Crippen LogP contribution in [-0.2, 0) is 9.53 Å². The van der Waals surface area contributed by atoms with Crippen LogP contribution < -0.4 is 20.7 Å². The van der Waals surface area contributed by atoms with Gasteiger partial charge in [-0.15, -0.1) is 0 Å². The van der Waals surface area contributed by atoms with E-state index in [1.54, 1.807) is 18.2 Å². The van der Waals surface area contributed by atoms with E-state index in [9.17, 15) is 22.8 Å². The first kappa shape index (κ1) is 25.8. The fourth-order valence-corrected chi connectivity index (χ4v) is 5.03. The molecular formula is C25H23F4N4O5. The fraction of sp³-hybridized carbons (Fsp3) is 0.400. The molecule has 1 saturated heterocycles. The number of hydrogen-bond acceptors (Lipinski definition) is 7. The van der Waals surface area contributed by atoms with Crippen molar-refractivity contribution in [3.05, 3.63) is 48.1 Å². The molecule has 9 nitrogen and oxygen atoms in total. The SMILES string of the molecule is C[C@@](COc1cccc2ocnc12)(CC1CNCCC1c1cc2c(cc1F)[N]C(=O)N2)OC(=O)C(F)(F)F. The highest BCUT2D eigenvalue weighted by atomic mass is 19.4. The third kappa shape index (κ3) is 5.23. The van der Waals surface area contributed by atoms with Gasteiger partial charge in [0.15, 0.2) is 17.5 Å². The highest BCUT2D eigenvalue weighted by molar-refractivity contribution is 6.02. The zero-order chi connectivity index (χ0) is 27.1. The number of oxazole rings is 1. The Morgan fingerprint density at radius 2 is 2.08 bits per heavy atom. The molecule has 3 aromatic rings. The Labute approximate surface area is 213 Å². The molecule has 0 saturated carbocycles. The molecule has 2 aromatic carbocycles. The van der Waals surface area contributed by atoms with Crippen LogP contribution in [0.2, 0.25) is 0 Å². The van der Waals surface area contributed by atoms with Crippen molar-refractivity contribution in [3.8, 4) is 5.75 Å². The minimum Gasteiger partial charge on any atom is -0.487 e. The number of piperidine rings is 1. The second-order valence-corrected chi connectivity index (χ2v) is 9.58. The van der Waals surface area contributed by atoms with E-state index < -0.39 is 48.0 Å². The molecule has 2 aliphatic rings. The molecular weight excluding hydrogens is 512 g/mol. The van der Waals surface area contributed by atoms with Gasteiger partial charge in [-0.25, -0.2) is 19.0 Å². The van der Waals surface area contributed by atoms with E-state index in [0.29, 0.717) is 41.9 Å². The Balaban J connectivity index is 1.42. The zero-order valence-corrected chi connectivity index (χ0v) is 20.1. The van der Waals surface area contributed by atoms with Crippen molar-refractivity contribution in [2.75, 3.05) is 25.0 Å². The van der Waals surface area contributed by atoms with Gasteiger partial charge in [-0.2, -0.15) is 18.5 Å². The molecule has 201 valence electrons. The van der Waals surface area contributed by atoms with E-state index in [0.717, 1.165) is 6.07 Å². The molecule has 1 radical (unpaired) electrons. The number of ether oxygens (including phenoxy) is 2. The molecule has 0 aliphatic carbocycles. The van der Waals surface area contributed by atoms with Crippen LogP contribution in [0.25, 0.3) is 11.1 Å². The van der Waals surface area contributed by atoms with Gasteiger partial charge in [-0.3, -0.25) is 0 Å². The normalized spacial score (nSPS) is 20.8. The van der Waals surface area contributed by atoms with Gasteiger partial charge >= 0.3 is 18.2 Å². The molecule has 2 unspecified atom stereocenters. The van der Waals surface area contributed by atoms with E-state index in [1.807, 2.05) is 0 Å². The maximum atomic E-state index is 15.1. The number of rotatable bonds is 7. The number of alkyl halides is 3. The molecule has 2 aliphatic heterocycles. The minimum atomic E-state index is -5.22. The van der Waals surface area contributed by atoms with Crippen molar-refractivity contribution < 1.29 is 41.0 Å². The summed E-state index contributed by atoms with van der Waals surface area (Å²) in [6.07, 6.45) is -3.62. The van der Waals surface area contributed by atoms with E-state index in [-0.39, 0.29) is 17.9 Å². The second kappa shape index (κ2) is 9.78. The first-order valence-corrected chi connectivity index (χ1v) is 11.8. The molecule has 2 amide bonds. The van der Waals surface area contributed by atoms with Gasteiger partial charge in [0.25, 0.3) is 0 Å². The Bertz CT molecular complexity index is 1380. The summed E-state index contributed by atoms with van der Waals surface area (Å²) in [7, 11) is 0. The standard InChI is InChI=1S/C25H23F4N4O5/c1-24(38-22(34)25(27,28)29,11-36-19-3-2-4-20-21(19)31-12-37-20)9-13-10-30-6-5-14(13)15-7-17-18(8-16(15)26)33-23(35)32-17/h2-4,7-8,12-14,30H,5-6,9-11H2,1H3,(H,32,35)/t13?,14?,24-/m0/s1. The minimum absolute atomic E-state index is 0.0749. The number of aromatic nitrogens is 1. The van der Waals surface area contributed by atoms with Crippen LogP contribution in [0.3, 0.4) is 0 Å². The Hall–Kier alpha value is -3.87. The smallest absolute Gasteiger partial charge is 0.487 e. The van der Waals surface area contributed by atoms with Gasteiger partial charge in [-0.1, -0.05) is 6.07 Å². The predicted octanol–water partition coefficient (Wildman–Crippen LogP) is 4.77. The Morgan fingerprint density at radius 3 is 2.87 bits per heavy atom. The van der Waals surface area contributed by atoms with Crippen molar-refractivity contribution >= 4 is 34.5 Å². The van der Waals surface area contributed by atoms with Crippen LogP contribution in [0.5, 0.6) is 5.75 Å². The number of carbonyl (C=O) groups excluding carboxylic acids is 2. The molecule has 3 heterocycles. The van der Waals surface area contributed by atoms with E-state index in [2.05, 4.69) is 20.9 Å². The van der Waals surface area contributed by atoms with Gasteiger partial charge in [0.05, 0.1) is 11.4 Å². The number of benzene rings is 2.